The topological polar surface area (TPSA) is 95.6 Å². The Hall–Kier alpha value is -3.55. The van der Waals surface area contributed by atoms with Crippen molar-refractivity contribution in [3.63, 3.8) is 0 Å². The van der Waals surface area contributed by atoms with E-state index in [4.69, 9.17) is 10.3 Å². The van der Waals surface area contributed by atoms with Gasteiger partial charge in [-0.15, -0.1) is 5.10 Å². The Morgan fingerprint density at radius 2 is 1.96 bits per heavy atom. The van der Waals surface area contributed by atoms with Crippen LogP contribution in [0.5, 0.6) is 0 Å². The molecular weight excluding hydrogens is 335 g/mol. The number of hydrogen-bond acceptors (Lipinski definition) is 6. The SMILES string of the molecule is CCc1cccc(-n2nnc(-c3nc(-c4ccc(F)cc4)no3)c2N)c1. The van der Waals surface area contributed by atoms with Crippen LogP contribution in [0.25, 0.3) is 28.7 Å². The molecule has 2 aromatic carbocycles. The molecule has 0 amide bonds. The van der Waals surface area contributed by atoms with Gasteiger partial charge in [-0.2, -0.15) is 9.67 Å². The Morgan fingerprint density at radius 3 is 2.73 bits per heavy atom. The minimum atomic E-state index is -0.334. The van der Waals surface area contributed by atoms with Gasteiger partial charge < -0.3 is 10.3 Å². The molecule has 2 heterocycles. The molecular formula is C18H15FN6O. The van der Waals surface area contributed by atoms with E-state index in [9.17, 15) is 4.39 Å². The predicted molar refractivity (Wildman–Crippen MR) is 93.8 cm³/mol. The monoisotopic (exact) mass is 350 g/mol. The fraction of sp³-hybridized carbons (Fsp3) is 0.111. The first kappa shape index (κ1) is 15.9. The summed E-state index contributed by atoms with van der Waals surface area (Å²) in [5.41, 5.74) is 9.08. The van der Waals surface area contributed by atoms with E-state index in [-0.39, 0.29) is 11.7 Å². The second kappa shape index (κ2) is 6.40. The van der Waals surface area contributed by atoms with Gasteiger partial charge in [-0.05, 0) is 48.4 Å². The molecule has 0 radical (unpaired) electrons. The zero-order valence-electron chi connectivity index (χ0n) is 13.9. The van der Waals surface area contributed by atoms with E-state index in [1.807, 2.05) is 24.3 Å². The zero-order valence-corrected chi connectivity index (χ0v) is 13.9. The standard InChI is InChI=1S/C18H15FN6O/c1-2-11-4-3-5-14(10-11)25-16(20)15(22-24-25)18-21-17(23-26-18)12-6-8-13(19)9-7-12/h3-10H,2,20H2,1H3. The Bertz CT molecular complexity index is 1050. The molecule has 26 heavy (non-hydrogen) atoms. The van der Waals surface area contributed by atoms with E-state index in [0.717, 1.165) is 17.7 Å². The van der Waals surface area contributed by atoms with E-state index in [0.29, 0.717) is 22.9 Å². The predicted octanol–water partition coefficient (Wildman–Crippen LogP) is 3.27. The smallest absolute Gasteiger partial charge is 0.282 e. The lowest BCUT2D eigenvalue weighted by molar-refractivity contribution is 0.431. The lowest BCUT2D eigenvalue weighted by atomic mass is 10.1. The molecule has 2 N–H and O–H groups in total. The third-order valence-electron chi connectivity index (χ3n) is 4.00. The highest BCUT2D eigenvalue weighted by Gasteiger charge is 2.20. The van der Waals surface area contributed by atoms with Gasteiger partial charge in [0.25, 0.3) is 5.89 Å². The molecule has 0 bridgehead atoms. The molecule has 0 fully saturated rings. The minimum absolute atomic E-state index is 0.153. The number of aryl methyl sites for hydroxylation is 1. The second-order valence-corrected chi connectivity index (χ2v) is 5.69. The van der Waals surface area contributed by atoms with Crippen molar-refractivity contribution in [1.29, 1.82) is 0 Å². The number of hydrogen-bond donors (Lipinski definition) is 1. The average molecular weight is 350 g/mol. The van der Waals surface area contributed by atoms with Crippen LogP contribution in [0.3, 0.4) is 0 Å². The van der Waals surface area contributed by atoms with Crippen LogP contribution in [0, 0.1) is 5.82 Å². The van der Waals surface area contributed by atoms with Crippen molar-refractivity contribution in [2.24, 2.45) is 0 Å². The first-order chi connectivity index (χ1) is 12.7. The number of nitrogen functional groups attached to an aromatic ring is 1. The minimum Gasteiger partial charge on any atom is -0.382 e. The fourth-order valence-electron chi connectivity index (χ4n) is 2.58. The van der Waals surface area contributed by atoms with Crippen molar-refractivity contribution in [3.8, 4) is 28.7 Å². The van der Waals surface area contributed by atoms with E-state index in [1.54, 1.807) is 12.1 Å². The molecule has 0 aliphatic heterocycles. The van der Waals surface area contributed by atoms with Gasteiger partial charge in [0.05, 0.1) is 5.69 Å². The van der Waals surface area contributed by atoms with Crippen molar-refractivity contribution >= 4 is 5.82 Å². The van der Waals surface area contributed by atoms with Crippen molar-refractivity contribution < 1.29 is 8.91 Å². The number of halogens is 1. The fourth-order valence-corrected chi connectivity index (χ4v) is 2.58. The molecule has 2 aromatic heterocycles. The summed E-state index contributed by atoms with van der Waals surface area (Å²) in [5, 5.41) is 12.1. The first-order valence-corrected chi connectivity index (χ1v) is 8.06. The molecule has 130 valence electrons. The van der Waals surface area contributed by atoms with Crippen molar-refractivity contribution in [2.75, 3.05) is 5.73 Å². The Morgan fingerprint density at radius 1 is 1.15 bits per heavy atom. The second-order valence-electron chi connectivity index (χ2n) is 5.69. The molecule has 7 nitrogen and oxygen atoms in total. The van der Waals surface area contributed by atoms with Gasteiger partial charge in [-0.25, -0.2) is 4.39 Å². The van der Waals surface area contributed by atoms with Gasteiger partial charge in [0.2, 0.25) is 5.82 Å². The first-order valence-electron chi connectivity index (χ1n) is 8.06. The molecule has 0 aliphatic carbocycles. The quantitative estimate of drug-likeness (QED) is 0.607. The van der Waals surface area contributed by atoms with E-state index < -0.39 is 0 Å². The van der Waals surface area contributed by atoms with Gasteiger partial charge in [0.15, 0.2) is 11.5 Å². The number of nitrogens with zero attached hydrogens (tertiary/aromatic N) is 5. The maximum absolute atomic E-state index is 13.0. The molecule has 0 spiro atoms. The van der Waals surface area contributed by atoms with Crippen LogP contribution in [-0.2, 0) is 6.42 Å². The maximum Gasteiger partial charge on any atom is 0.282 e. The summed E-state index contributed by atoms with van der Waals surface area (Å²) in [7, 11) is 0. The highest BCUT2D eigenvalue weighted by atomic mass is 19.1. The lowest BCUT2D eigenvalue weighted by Crippen LogP contribution is -2.02. The summed E-state index contributed by atoms with van der Waals surface area (Å²) in [6, 6.07) is 13.7. The summed E-state index contributed by atoms with van der Waals surface area (Å²) in [5.74, 6) is 0.438. The number of aromatic nitrogens is 5. The normalized spacial score (nSPS) is 11.0. The third kappa shape index (κ3) is 2.81. The molecule has 0 atom stereocenters. The van der Waals surface area contributed by atoms with Gasteiger partial charge in [0, 0.05) is 5.56 Å². The third-order valence-corrected chi connectivity index (χ3v) is 4.00. The van der Waals surface area contributed by atoms with Gasteiger partial charge >= 0.3 is 0 Å². The van der Waals surface area contributed by atoms with Crippen LogP contribution in [0.1, 0.15) is 12.5 Å². The highest BCUT2D eigenvalue weighted by Crippen LogP contribution is 2.26. The summed E-state index contributed by atoms with van der Waals surface area (Å²) >= 11 is 0. The summed E-state index contributed by atoms with van der Waals surface area (Å²) < 4.78 is 19.8. The summed E-state index contributed by atoms with van der Waals surface area (Å²) in [4.78, 5) is 4.29. The number of benzene rings is 2. The van der Waals surface area contributed by atoms with E-state index in [2.05, 4.69) is 27.4 Å². The Labute approximate surface area is 148 Å². The molecule has 0 unspecified atom stereocenters. The molecule has 0 saturated heterocycles. The average Bonchev–Trinajstić information content (AvgIpc) is 3.29. The summed E-state index contributed by atoms with van der Waals surface area (Å²) in [6.07, 6.45) is 0.903. The van der Waals surface area contributed by atoms with Crippen molar-refractivity contribution in [2.45, 2.75) is 13.3 Å². The van der Waals surface area contributed by atoms with Crippen molar-refractivity contribution in [3.05, 3.63) is 59.9 Å². The van der Waals surface area contributed by atoms with Crippen LogP contribution in [0.15, 0.2) is 53.1 Å². The van der Waals surface area contributed by atoms with Crippen LogP contribution in [0.4, 0.5) is 10.2 Å². The molecule has 0 aliphatic rings. The van der Waals surface area contributed by atoms with Gasteiger partial charge in [0.1, 0.15) is 5.82 Å². The van der Waals surface area contributed by atoms with Crippen molar-refractivity contribution in [1.82, 2.24) is 25.1 Å². The summed E-state index contributed by atoms with van der Waals surface area (Å²) in [6.45, 7) is 2.07. The van der Waals surface area contributed by atoms with E-state index >= 15 is 0 Å². The van der Waals surface area contributed by atoms with Crippen LogP contribution in [-0.4, -0.2) is 25.1 Å². The number of anilines is 1. The Balaban J connectivity index is 1.69. The highest BCUT2D eigenvalue weighted by molar-refractivity contribution is 5.66. The van der Waals surface area contributed by atoms with Gasteiger partial charge in [-0.3, -0.25) is 0 Å². The molecule has 4 aromatic rings. The van der Waals surface area contributed by atoms with Gasteiger partial charge in [-0.1, -0.05) is 29.4 Å². The van der Waals surface area contributed by atoms with Crippen LogP contribution < -0.4 is 5.73 Å². The largest absolute Gasteiger partial charge is 0.382 e. The Kier molecular flexibility index (Phi) is 3.92. The molecule has 8 heteroatoms. The lowest BCUT2D eigenvalue weighted by Gasteiger charge is -2.04. The van der Waals surface area contributed by atoms with E-state index in [1.165, 1.54) is 16.8 Å². The number of rotatable bonds is 4. The maximum atomic E-state index is 13.0. The molecule has 0 saturated carbocycles. The van der Waals surface area contributed by atoms with Crippen LogP contribution >= 0.6 is 0 Å². The van der Waals surface area contributed by atoms with Crippen LogP contribution in [0.2, 0.25) is 0 Å². The number of nitrogens with two attached hydrogens (primary N) is 1. The zero-order chi connectivity index (χ0) is 18.1. The molecule has 4 rings (SSSR count).